The first-order valence-corrected chi connectivity index (χ1v) is 10.2. The minimum atomic E-state index is -3.84. The van der Waals surface area contributed by atoms with Crippen molar-refractivity contribution in [3.05, 3.63) is 28.3 Å². The molecule has 0 saturated heterocycles. The van der Waals surface area contributed by atoms with Gasteiger partial charge < -0.3 is 10.1 Å². The Kier molecular flexibility index (Phi) is 8.17. The number of nitro benzene ring substituents is 1. The molecule has 0 radical (unpaired) electrons. The van der Waals surface area contributed by atoms with Gasteiger partial charge in [0.15, 0.2) is 11.9 Å². The summed E-state index contributed by atoms with van der Waals surface area (Å²) in [6.07, 6.45) is -0.965. The van der Waals surface area contributed by atoms with Gasteiger partial charge in [0.1, 0.15) is 0 Å². The molecule has 152 valence electrons. The lowest BCUT2D eigenvalue weighted by Gasteiger charge is -2.19. The van der Waals surface area contributed by atoms with E-state index in [-0.39, 0.29) is 29.7 Å². The van der Waals surface area contributed by atoms with Crippen molar-refractivity contribution >= 4 is 21.6 Å². The zero-order chi connectivity index (χ0) is 20.8. The van der Waals surface area contributed by atoms with Crippen molar-refractivity contribution in [1.29, 1.82) is 0 Å². The second kappa shape index (κ2) is 9.65. The smallest absolute Gasteiger partial charge is 0.312 e. The van der Waals surface area contributed by atoms with E-state index in [1.165, 1.54) is 23.4 Å². The normalized spacial score (nSPS) is 12.9. The number of carbonyl (C=O) groups excluding carboxylic acids is 1. The zero-order valence-corrected chi connectivity index (χ0v) is 17.1. The van der Waals surface area contributed by atoms with E-state index in [0.717, 1.165) is 6.07 Å². The Labute approximate surface area is 159 Å². The SMILES string of the molecule is CCN(CC)S(=O)(=O)c1ccc(O[C@@H](C)C(=O)NCC(C)C)c([N+](=O)[O-])c1. The van der Waals surface area contributed by atoms with Crippen LogP contribution in [0.15, 0.2) is 23.1 Å². The van der Waals surface area contributed by atoms with Crippen LogP contribution in [0.4, 0.5) is 5.69 Å². The molecule has 0 bridgehead atoms. The molecule has 1 N–H and O–H groups in total. The number of hydrogen-bond acceptors (Lipinski definition) is 6. The van der Waals surface area contributed by atoms with E-state index in [0.29, 0.717) is 6.54 Å². The maximum Gasteiger partial charge on any atom is 0.312 e. The average Bonchev–Trinajstić information content (AvgIpc) is 2.60. The first-order valence-electron chi connectivity index (χ1n) is 8.77. The van der Waals surface area contributed by atoms with Crippen LogP contribution in [-0.4, -0.2) is 49.3 Å². The van der Waals surface area contributed by atoms with Crippen molar-refractivity contribution in [2.45, 2.75) is 45.6 Å². The molecule has 0 aliphatic rings. The fraction of sp³-hybridized carbons (Fsp3) is 0.588. The summed E-state index contributed by atoms with van der Waals surface area (Å²) in [6.45, 7) is 9.66. The first kappa shape index (κ1) is 22.8. The van der Waals surface area contributed by atoms with Crippen molar-refractivity contribution < 1.29 is 22.9 Å². The third-order valence-electron chi connectivity index (χ3n) is 3.83. The molecule has 0 aromatic heterocycles. The van der Waals surface area contributed by atoms with Gasteiger partial charge in [-0.3, -0.25) is 14.9 Å². The Morgan fingerprint density at radius 2 is 1.85 bits per heavy atom. The van der Waals surface area contributed by atoms with E-state index in [4.69, 9.17) is 4.74 Å². The Balaban J connectivity index is 3.14. The van der Waals surface area contributed by atoms with Crippen molar-refractivity contribution in [1.82, 2.24) is 9.62 Å². The average molecular weight is 401 g/mol. The number of nitrogens with zero attached hydrogens (tertiary/aromatic N) is 2. The quantitative estimate of drug-likeness (QED) is 0.474. The number of sulfonamides is 1. The van der Waals surface area contributed by atoms with Gasteiger partial charge in [0.25, 0.3) is 5.91 Å². The van der Waals surface area contributed by atoms with Crippen molar-refractivity contribution in [3.63, 3.8) is 0 Å². The number of hydrogen-bond donors (Lipinski definition) is 1. The van der Waals surface area contributed by atoms with Crippen molar-refractivity contribution in [2.24, 2.45) is 5.92 Å². The topological polar surface area (TPSA) is 119 Å². The molecule has 0 heterocycles. The largest absolute Gasteiger partial charge is 0.474 e. The third kappa shape index (κ3) is 5.90. The maximum atomic E-state index is 12.6. The summed E-state index contributed by atoms with van der Waals surface area (Å²) in [5.41, 5.74) is -0.508. The highest BCUT2D eigenvalue weighted by Crippen LogP contribution is 2.31. The van der Waals surface area contributed by atoms with Crippen LogP contribution in [0.25, 0.3) is 0 Å². The summed E-state index contributed by atoms with van der Waals surface area (Å²) >= 11 is 0. The van der Waals surface area contributed by atoms with Gasteiger partial charge in [0, 0.05) is 25.7 Å². The lowest BCUT2D eigenvalue weighted by molar-refractivity contribution is -0.386. The minimum absolute atomic E-state index is 0.161. The van der Waals surface area contributed by atoms with Gasteiger partial charge in [-0.15, -0.1) is 0 Å². The van der Waals surface area contributed by atoms with Gasteiger partial charge in [0.2, 0.25) is 10.0 Å². The third-order valence-corrected chi connectivity index (χ3v) is 5.87. The zero-order valence-electron chi connectivity index (χ0n) is 16.3. The standard InChI is InChI=1S/C17H27N3O6S/c1-6-19(7-2)27(24,25)14-8-9-16(15(10-14)20(22)23)26-13(5)17(21)18-11-12(3)4/h8-10,12-13H,6-7,11H2,1-5H3,(H,18,21)/t13-/m0/s1. The van der Waals surface area contributed by atoms with Gasteiger partial charge in [-0.05, 0) is 25.0 Å². The van der Waals surface area contributed by atoms with Gasteiger partial charge in [-0.2, -0.15) is 4.31 Å². The van der Waals surface area contributed by atoms with Crippen molar-refractivity contribution in [3.8, 4) is 5.75 Å². The van der Waals surface area contributed by atoms with Gasteiger partial charge >= 0.3 is 5.69 Å². The molecule has 27 heavy (non-hydrogen) atoms. The predicted octanol–water partition coefficient (Wildman–Crippen LogP) is 2.16. The van der Waals surface area contributed by atoms with Crippen LogP contribution in [-0.2, 0) is 14.8 Å². The molecule has 0 unspecified atom stereocenters. The van der Waals surface area contributed by atoms with Crippen LogP contribution in [0, 0.1) is 16.0 Å². The number of amides is 1. The number of ether oxygens (including phenoxy) is 1. The fourth-order valence-electron chi connectivity index (χ4n) is 2.30. The van der Waals surface area contributed by atoms with E-state index >= 15 is 0 Å². The molecular weight excluding hydrogens is 374 g/mol. The molecule has 0 aliphatic heterocycles. The molecule has 9 nitrogen and oxygen atoms in total. The van der Waals surface area contributed by atoms with Gasteiger partial charge in [-0.1, -0.05) is 27.7 Å². The van der Waals surface area contributed by atoms with E-state index in [1.54, 1.807) is 13.8 Å². The number of benzene rings is 1. The van der Waals surface area contributed by atoms with Crippen LogP contribution in [0.3, 0.4) is 0 Å². The van der Waals surface area contributed by atoms with E-state index < -0.39 is 32.6 Å². The van der Waals surface area contributed by atoms with Crippen LogP contribution in [0.1, 0.15) is 34.6 Å². The number of nitro groups is 1. The van der Waals surface area contributed by atoms with E-state index in [2.05, 4.69) is 5.32 Å². The molecule has 0 spiro atoms. The maximum absolute atomic E-state index is 12.6. The van der Waals surface area contributed by atoms with Crippen LogP contribution >= 0.6 is 0 Å². The molecule has 1 rings (SSSR count). The molecule has 10 heteroatoms. The second-order valence-corrected chi connectivity index (χ2v) is 8.31. The number of rotatable bonds is 10. The second-order valence-electron chi connectivity index (χ2n) is 6.38. The minimum Gasteiger partial charge on any atom is -0.474 e. The molecule has 1 amide bonds. The Morgan fingerprint density at radius 3 is 2.33 bits per heavy atom. The van der Waals surface area contributed by atoms with E-state index in [9.17, 15) is 23.3 Å². The van der Waals surface area contributed by atoms with Crippen LogP contribution in [0.2, 0.25) is 0 Å². The first-order chi connectivity index (χ1) is 12.5. The molecule has 0 aliphatic carbocycles. The van der Waals surface area contributed by atoms with Crippen molar-refractivity contribution in [2.75, 3.05) is 19.6 Å². The number of nitrogens with one attached hydrogen (secondary N) is 1. The Bertz CT molecular complexity index is 775. The molecule has 1 aromatic carbocycles. The summed E-state index contributed by atoms with van der Waals surface area (Å²) in [5.74, 6) is -0.316. The molecule has 1 atom stereocenters. The van der Waals surface area contributed by atoms with Crippen LogP contribution < -0.4 is 10.1 Å². The highest BCUT2D eigenvalue weighted by molar-refractivity contribution is 7.89. The summed E-state index contributed by atoms with van der Waals surface area (Å²) in [4.78, 5) is 22.5. The molecule has 0 fully saturated rings. The lowest BCUT2D eigenvalue weighted by Crippen LogP contribution is -2.38. The predicted molar refractivity (Wildman–Crippen MR) is 101 cm³/mol. The summed E-state index contributed by atoms with van der Waals surface area (Å²) < 4.78 is 31.7. The van der Waals surface area contributed by atoms with Gasteiger partial charge in [-0.25, -0.2) is 8.42 Å². The summed E-state index contributed by atoms with van der Waals surface area (Å²) in [5, 5.41) is 14.1. The highest BCUT2D eigenvalue weighted by Gasteiger charge is 2.27. The highest BCUT2D eigenvalue weighted by atomic mass is 32.2. The Morgan fingerprint density at radius 1 is 1.26 bits per heavy atom. The summed E-state index contributed by atoms with van der Waals surface area (Å²) in [6, 6.07) is 3.41. The fourth-order valence-corrected chi connectivity index (χ4v) is 3.78. The Hall–Kier alpha value is -2.20. The molecular formula is C17H27N3O6S. The molecule has 0 saturated carbocycles. The monoisotopic (exact) mass is 401 g/mol. The van der Waals surface area contributed by atoms with Gasteiger partial charge in [0.05, 0.1) is 9.82 Å². The van der Waals surface area contributed by atoms with Crippen LogP contribution in [0.5, 0.6) is 5.75 Å². The lowest BCUT2D eigenvalue weighted by atomic mass is 10.2. The molecule has 1 aromatic rings. The number of carbonyl (C=O) groups is 1. The summed E-state index contributed by atoms with van der Waals surface area (Å²) in [7, 11) is -3.84. The van der Waals surface area contributed by atoms with E-state index in [1.807, 2.05) is 13.8 Å².